The smallest absolute Gasteiger partial charge is 0.0351 e. The molecule has 0 amide bonds. The van der Waals surface area contributed by atoms with E-state index in [0.717, 1.165) is 13.1 Å². The quantitative estimate of drug-likeness (QED) is 0.710. The molecule has 0 fully saturated rings. The molecule has 4 heteroatoms. The van der Waals surface area contributed by atoms with Crippen LogP contribution in [0.1, 0.15) is 10.4 Å². The van der Waals surface area contributed by atoms with Gasteiger partial charge >= 0.3 is 0 Å². The van der Waals surface area contributed by atoms with Gasteiger partial charge in [-0.25, -0.2) is 0 Å². The van der Waals surface area contributed by atoms with Crippen molar-refractivity contribution in [2.24, 2.45) is 0 Å². The minimum atomic E-state index is 0.950. The lowest BCUT2D eigenvalue weighted by atomic mass is 10.2. The minimum absolute atomic E-state index is 0.950. The predicted molar refractivity (Wildman–Crippen MR) is 82.5 cm³/mol. The molecule has 0 unspecified atom stereocenters. The molecule has 3 aromatic heterocycles. The van der Waals surface area contributed by atoms with E-state index in [0.29, 0.717) is 0 Å². The van der Waals surface area contributed by atoms with E-state index in [4.69, 9.17) is 0 Å². The zero-order chi connectivity index (χ0) is 12.2. The van der Waals surface area contributed by atoms with Gasteiger partial charge in [-0.3, -0.25) is 0 Å². The summed E-state index contributed by atoms with van der Waals surface area (Å²) in [5.74, 6) is 0. The van der Waals surface area contributed by atoms with Crippen LogP contribution in [0.2, 0.25) is 0 Å². The molecule has 3 aromatic rings. The van der Waals surface area contributed by atoms with Crippen LogP contribution in [0.4, 0.5) is 0 Å². The van der Waals surface area contributed by atoms with Crippen molar-refractivity contribution >= 4 is 34.0 Å². The van der Waals surface area contributed by atoms with Crippen LogP contribution in [-0.4, -0.2) is 0 Å². The average molecular weight is 291 g/mol. The molecular weight excluding hydrogens is 278 g/mol. The molecule has 0 aliphatic carbocycles. The number of rotatable bonds is 5. The van der Waals surface area contributed by atoms with Gasteiger partial charge in [0.2, 0.25) is 0 Å². The van der Waals surface area contributed by atoms with Gasteiger partial charge in [-0.05, 0) is 45.3 Å². The maximum absolute atomic E-state index is 3.48. The van der Waals surface area contributed by atoms with E-state index in [1.165, 1.54) is 20.9 Å². The largest absolute Gasteiger partial charge is 0.308 e. The minimum Gasteiger partial charge on any atom is -0.308 e. The molecule has 0 aliphatic rings. The zero-order valence-corrected chi connectivity index (χ0v) is 12.2. The Morgan fingerprint density at radius 3 is 2.78 bits per heavy atom. The standard InChI is InChI=1S/C14H13NS3/c1-2-14(17-4-1)12-6-13(18-10-12)8-15-7-11-3-5-16-9-11/h1-6,9-10,15H,7-8H2. The predicted octanol–water partition coefficient (Wildman–Crippen LogP) is 4.83. The van der Waals surface area contributed by atoms with Crippen molar-refractivity contribution in [1.82, 2.24) is 5.32 Å². The van der Waals surface area contributed by atoms with Crippen molar-refractivity contribution in [3.8, 4) is 10.4 Å². The average Bonchev–Trinajstić information content (AvgIpc) is 3.12. The Labute approximate surface area is 119 Å². The summed E-state index contributed by atoms with van der Waals surface area (Å²) in [5, 5.41) is 12.2. The maximum Gasteiger partial charge on any atom is 0.0351 e. The van der Waals surface area contributed by atoms with Crippen LogP contribution >= 0.6 is 34.0 Å². The summed E-state index contributed by atoms with van der Waals surface area (Å²) in [6.07, 6.45) is 0. The Hall–Kier alpha value is -0.940. The van der Waals surface area contributed by atoms with Gasteiger partial charge in [0.05, 0.1) is 0 Å². The molecule has 0 bridgehead atoms. The van der Waals surface area contributed by atoms with Gasteiger partial charge in [0.25, 0.3) is 0 Å². The third-order valence-corrected chi connectivity index (χ3v) is 5.26. The highest BCUT2D eigenvalue weighted by Gasteiger charge is 2.03. The second-order valence-corrected chi connectivity index (χ2v) is 6.74. The highest BCUT2D eigenvalue weighted by molar-refractivity contribution is 7.14. The molecule has 0 aliphatic heterocycles. The van der Waals surface area contributed by atoms with Gasteiger partial charge < -0.3 is 5.32 Å². The molecule has 1 N–H and O–H groups in total. The van der Waals surface area contributed by atoms with E-state index in [2.05, 4.69) is 51.1 Å². The monoisotopic (exact) mass is 291 g/mol. The molecule has 0 saturated carbocycles. The lowest BCUT2D eigenvalue weighted by Gasteiger charge is -2.00. The SMILES string of the molecule is c1csc(-c2csc(CNCc3ccsc3)c2)c1. The van der Waals surface area contributed by atoms with Crippen LogP contribution in [0.3, 0.4) is 0 Å². The van der Waals surface area contributed by atoms with Gasteiger partial charge in [0, 0.05) is 28.4 Å². The van der Waals surface area contributed by atoms with Crippen LogP contribution < -0.4 is 5.32 Å². The highest BCUT2D eigenvalue weighted by atomic mass is 32.1. The van der Waals surface area contributed by atoms with Crippen molar-refractivity contribution in [2.75, 3.05) is 0 Å². The highest BCUT2D eigenvalue weighted by Crippen LogP contribution is 2.29. The Balaban J connectivity index is 1.57. The van der Waals surface area contributed by atoms with Crippen LogP contribution in [-0.2, 0) is 13.1 Å². The molecule has 92 valence electrons. The molecule has 18 heavy (non-hydrogen) atoms. The molecule has 0 aromatic carbocycles. The molecule has 3 heterocycles. The first-order chi connectivity index (χ1) is 8.92. The van der Waals surface area contributed by atoms with Gasteiger partial charge in [-0.15, -0.1) is 22.7 Å². The van der Waals surface area contributed by atoms with Crippen molar-refractivity contribution in [3.63, 3.8) is 0 Å². The number of hydrogen-bond donors (Lipinski definition) is 1. The summed E-state index contributed by atoms with van der Waals surface area (Å²) in [4.78, 5) is 2.75. The summed E-state index contributed by atoms with van der Waals surface area (Å²) in [7, 11) is 0. The summed E-state index contributed by atoms with van der Waals surface area (Å²) in [6.45, 7) is 1.90. The van der Waals surface area contributed by atoms with E-state index in [9.17, 15) is 0 Å². The lowest BCUT2D eigenvalue weighted by Crippen LogP contribution is -2.10. The van der Waals surface area contributed by atoms with Crippen molar-refractivity contribution in [3.05, 3.63) is 56.2 Å². The molecule has 0 atom stereocenters. The van der Waals surface area contributed by atoms with E-state index in [-0.39, 0.29) is 0 Å². The summed E-state index contributed by atoms with van der Waals surface area (Å²) in [5.41, 5.74) is 2.72. The normalized spacial score (nSPS) is 10.9. The Morgan fingerprint density at radius 2 is 2.00 bits per heavy atom. The third kappa shape index (κ3) is 2.90. The summed E-state index contributed by atoms with van der Waals surface area (Å²) < 4.78 is 0. The third-order valence-electron chi connectivity index (χ3n) is 2.67. The van der Waals surface area contributed by atoms with Crippen LogP contribution in [0.5, 0.6) is 0 Å². The molecule has 0 spiro atoms. The zero-order valence-electron chi connectivity index (χ0n) is 9.76. The van der Waals surface area contributed by atoms with E-state index >= 15 is 0 Å². The second-order valence-electron chi connectivity index (χ2n) is 4.01. The maximum atomic E-state index is 3.48. The Morgan fingerprint density at radius 1 is 1.00 bits per heavy atom. The van der Waals surface area contributed by atoms with Crippen LogP contribution in [0.15, 0.2) is 45.8 Å². The van der Waals surface area contributed by atoms with Crippen LogP contribution in [0, 0.1) is 0 Å². The van der Waals surface area contributed by atoms with Gasteiger partial charge in [-0.2, -0.15) is 11.3 Å². The molecule has 1 nitrogen and oxygen atoms in total. The summed E-state index contributed by atoms with van der Waals surface area (Å²) in [6, 6.07) is 8.74. The fourth-order valence-electron chi connectivity index (χ4n) is 1.77. The second kappa shape index (κ2) is 5.80. The molecule has 0 radical (unpaired) electrons. The van der Waals surface area contributed by atoms with Crippen molar-refractivity contribution < 1.29 is 0 Å². The van der Waals surface area contributed by atoms with E-state index in [1.807, 2.05) is 11.3 Å². The first-order valence-electron chi connectivity index (χ1n) is 5.75. The van der Waals surface area contributed by atoms with Crippen molar-refractivity contribution in [2.45, 2.75) is 13.1 Å². The number of thiophene rings is 3. The molecule has 0 saturated heterocycles. The topological polar surface area (TPSA) is 12.0 Å². The van der Waals surface area contributed by atoms with Gasteiger partial charge in [-0.1, -0.05) is 6.07 Å². The fraction of sp³-hybridized carbons (Fsp3) is 0.143. The fourth-order valence-corrected chi connectivity index (χ4v) is 4.08. The Bertz CT molecular complexity index is 578. The number of hydrogen-bond acceptors (Lipinski definition) is 4. The van der Waals surface area contributed by atoms with Gasteiger partial charge in [0.15, 0.2) is 0 Å². The Kier molecular flexibility index (Phi) is 3.90. The number of nitrogens with one attached hydrogen (secondary N) is 1. The van der Waals surface area contributed by atoms with Crippen LogP contribution in [0.25, 0.3) is 10.4 Å². The molecular formula is C14H13NS3. The lowest BCUT2D eigenvalue weighted by molar-refractivity contribution is 0.703. The molecule has 3 rings (SSSR count). The van der Waals surface area contributed by atoms with Crippen molar-refractivity contribution in [1.29, 1.82) is 0 Å². The van der Waals surface area contributed by atoms with E-state index < -0.39 is 0 Å². The first-order valence-corrected chi connectivity index (χ1v) is 8.45. The first kappa shape index (κ1) is 12.1. The summed E-state index contributed by atoms with van der Waals surface area (Å²) >= 11 is 5.38. The van der Waals surface area contributed by atoms with Gasteiger partial charge in [0.1, 0.15) is 0 Å². The van der Waals surface area contributed by atoms with E-state index in [1.54, 1.807) is 22.7 Å².